The topological polar surface area (TPSA) is 293 Å². The van der Waals surface area contributed by atoms with Gasteiger partial charge in [-0.3, -0.25) is 14.4 Å². The van der Waals surface area contributed by atoms with E-state index >= 15 is 8.78 Å². The number of carboxylic acids is 1. The summed E-state index contributed by atoms with van der Waals surface area (Å²) in [5.74, 6) is -8.57. The van der Waals surface area contributed by atoms with Gasteiger partial charge in [-0.05, 0) is 172 Å². The Labute approximate surface area is 664 Å². The van der Waals surface area contributed by atoms with Crippen molar-refractivity contribution in [1.29, 1.82) is 0 Å². The summed E-state index contributed by atoms with van der Waals surface area (Å²) in [6.45, 7) is 0. The van der Waals surface area contributed by atoms with E-state index in [0.717, 1.165) is 48.2 Å². The monoisotopic (exact) mass is 1690 g/mol. The van der Waals surface area contributed by atoms with Gasteiger partial charge in [-0.1, -0.05) is 71.2 Å². The number of halogens is 15. The number of fused-ring (bicyclic) bond motifs is 3. The fraction of sp³-hybridized carbons (Fsp3) is 0.311. The normalized spacial score (nSPS) is 16.9. The standard InChI is InChI=1S/C25H19ClF4N2O5S.C25H19ClF4N2O3S.C24H17ClF4N2O5S.Li.H2O/c1-37-23(34)13-7-8-14(17(27)12-13)20-21-18(6-3-11-38(21,35)36)32(31-20)22(33)19-15(4-2-5-16(19)26)24(9-10-24)25(28,29)30;1-35-23(34)13-7-8-14(17(27)12-13)20-21-18(6-3-11-36-21)32(31-20)22(33)19-15(4-2-5-16(19)26)24(9-10-24)25(28,29)30;25-15-4-1-3-14(23(8-9-23)24(27,28)29)18(15)21(32)31-17-5-2-10-37(35,36)20(17)19(30-31)13-7-6-12(22(33)34)11-16(13)26;;/h2,4-5,7-8,12H,3,6,9-11H2,1H3;2,4-5,7-8,12H,3,6,9-11H2,1H3;1,3-4,6-7,11H,2,5,8-10H2,(H,33,34);;1H2/q;;;+1;/p-1. The molecule has 0 atom stereocenters. The van der Waals surface area contributed by atoms with E-state index in [4.69, 9.17) is 39.9 Å². The molecule has 6 aliphatic rings. The number of ether oxygens (including phenoxy) is 2. The summed E-state index contributed by atoms with van der Waals surface area (Å²) < 4.78 is 235. The van der Waals surface area contributed by atoms with Crippen molar-refractivity contribution >= 4 is 102 Å². The third kappa shape index (κ3) is 15.0. The Balaban J connectivity index is 0.000000166. The second-order valence-electron chi connectivity index (χ2n) is 26.9. The van der Waals surface area contributed by atoms with Crippen LogP contribution in [0.15, 0.2) is 124 Å². The molecule has 3 aliphatic heterocycles. The number of nitrogens with zero attached hydrogens (tertiary/aromatic N) is 6. The Kier molecular flexibility index (Phi) is 23.4. The first kappa shape index (κ1) is 85.1. The molecule has 0 bridgehead atoms. The molecule has 9 aromatic rings. The number of aromatic carboxylic acids is 1. The number of benzene rings is 6. The van der Waals surface area contributed by atoms with Crippen LogP contribution in [0.2, 0.25) is 15.1 Å². The van der Waals surface area contributed by atoms with Crippen LogP contribution < -0.4 is 18.9 Å². The molecule has 3 fully saturated rings. The minimum Gasteiger partial charge on any atom is -0.870 e. The summed E-state index contributed by atoms with van der Waals surface area (Å²) in [4.78, 5) is 75.8. The summed E-state index contributed by atoms with van der Waals surface area (Å²) in [5.41, 5.74) is -10.0. The molecular weight excluding hydrogens is 1630 g/mol. The Hall–Kier alpha value is -8.79. The minimum atomic E-state index is -4.65. The number of hydrogen-bond acceptors (Lipinski definition) is 17. The first-order valence-electron chi connectivity index (χ1n) is 33.6. The number of aromatic nitrogens is 6. The number of sulfone groups is 2. The van der Waals surface area contributed by atoms with Gasteiger partial charge in [0.1, 0.15) is 44.3 Å². The van der Waals surface area contributed by atoms with Gasteiger partial charge in [-0.15, -0.1) is 11.8 Å². The Morgan fingerprint density at radius 1 is 0.469 bits per heavy atom. The van der Waals surface area contributed by atoms with Gasteiger partial charge in [0.15, 0.2) is 19.7 Å². The van der Waals surface area contributed by atoms with E-state index in [1.165, 1.54) is 85.6 Å². The molecule has 0 amide bonds. The van der Waals surface area contributed by atoms with Crippen molar-refractivity contribution in [2.75, 3.05) is 31.5 Å². The Morgan fingerprint density at radius 3 is 1.10 bits per heavy atom. The summed E-state index contributed by atoms with van der Waals surface area (Å²) in [6, 6.07) is 21.3. The van der Waals surface area contributed by atoms with Gasteiger partial charge >= 0.3 is 55.3 Å². The van der Waals surface area contributed by atoms with Crippen LogP contribution in [0.1, 0.15) is 154 Å². The van der Waals surface area contributed by atoms with Gasteiger partial charge in [0.2, 0.25) is 0 Å². The number of methoxy groups -OCH3 is 2. The number of alkyl halides is 9. The van der Waals surface area contributed by atoms with E-state index in [9.17, 15) is 89.5 Å². The maximum Gasteiger partial charge on any atom is 1.00 e. The Bertz CT molecular complexity index is 5700. The molecule has 2 N–H and O–H groups in total. The quantitative estimate of drug-likeness (QED) is 0.0675. The van der Waals surface area contributed by atoms with Crippen molar-refractivity contribution in [1.82, 2.24) is 29.3 Å². The van der Waals surface area contributed by atoms with Gasteiger partial charge in [-0.25, -0.2) is 44.4 Å². The second kappa shape index (κ2) is 31.1. The van der Waals surface area contributed by atoms with Crippen molar-refractivity contribution in [2.45, 2.75) is 127 Å². The molecule has 0 saturated heterocycles. The molecule has 0 spiro atoms. The van der Waals surface area contributed by atoms with Gasteiger partial charge in [0.25, 0.3) is 17.7 Å². The average Bonchev–Trinajstić information content (AvgIpc) is 1.57. The molecule has 20 nitrogen and oxygen atoms in total. The predicted octanol–water partition coefficient (Wildman–Crippen LogP) is 13.5. The van der Waals surface area contributed by atoms with E-state index < -0.39 is 135 Å². The van der Waals surface area contributed by atoms with Gasteiger partial charge in [0.05, 0.1) is 112 Å². The molecule has 3 aromatic heterocycles. The molecule has 6 aromatic carbocycles. The third-order valence-electron chi connectivity index (χ3n) is 20.3. The van der Waals surface area contributed by atoms with Crippen LogP contribution in [-0.4, -0.2) is 142 Å². The number of esters is 2. The first-order chi connectivity index (χ1) is 52.2. The van der Waals surface area contributed by atoms with Crippen molar-refractivity contribution in [3.05, 3.63) is 209 Å². The first-order valence-corrected chi connectivity index (χ1v) is 39.1. The number of carbonyl (C=O) groups is 6. The van der Waals surface area contributed by atoms with Crippen LogP contribution in [0.25, 0.3) is 33.8 Å². The second-order valence-corrected chi connectivity index (χ2v) is 33.3. The summed E-state index contributed by atoms with van der Waals surface area (Å²) in [7, 11) is -5.79. The van der Waals surface area contributed by atoms with E-state index in [2.05, 4.69) is 24.8 Å². The van der Waals surface area contributed by atoms with Crippen LogP contribution in [0.3, 0.4) is 0 Å². The van der Waals surface area contributed by atoms with Crippen LogP contribution in [0.4, 0.5) is 52.7 Å². The van der Waals surface area contributed by atoms with Crippen LogP contribution in [0.5, 0.6) is 0 Å². The van der Waals surface area contributed by atoms with Gasteiger partial charge in [-0.2, -0.15) is 68.9 Å². The van der Waals surface area contributed by atoms with E-state index in [1.807, 2.05) is 0 Å². The summed E-state index contributed by atoms with van der Waals surface area (Å²) in [6.07, 6.45) is -13.6. The number of carboxylic acid groups (broad SMARTS) is 1. The molecule has 590 valence electrons. The molecule has 3 saturated carbocycles. The fourth-order valence-electron chi connectivity index (χ4n) is 14.3. The van der Waals surface area contributed by atoms with Gasteiger partial charge in [0, 0.05) is 16.7 Å². The zero-order valence-electron chi connectivity index (χ0n) is 58.9. The largest absolute Gasteiger partial charge is 1.00 e. The van der Waals surface area contributed by atoms with E-state index in [1.54, 1.807) is 0 Å². The van der Waals surface area contributed by atoms with Crippen molar-refractivity contribution in [3.63, 3.8) is 0 Å². The summed E-state index contributed by atoms with van der Waals surface area (Å²) in [5, 5.41) is 21.1. The molecule has 6 heterocycles. The predicted molar refractivity (Wildman–Crippen MR) is 379 cm³/mol. The third-order valence-corrected chi connectivity index (χ3v) is 26.2. The van der Waals surface area contributed by atoms with E-state index in [-0.39, 0.29) is 193 Å². The average molecular weight is 1690 g/mol. The number of thioether (sulfide) groups is 1. The Morgan fingerprint density at radius 2 is 0.779 bits per heavy atom. The summed E-state index contributed by atoms with van der Waals surface area (Å²) >= 11 is 20.2. The molecule has 3 aliphatic carbocycles. The van der Waals surface area contributed by atoms with Crippen LogP contribution >= 0.6 is 46.6 Å². The molecule has 15 rings (SSSR count). The fourth-order valence-corrected chi connectivity index (χ4v) is 19.6. The zero-order chi connectivity index (χ0) is 80.4. The van der Waals surface area contributed by atoms with Crippen molar-refractivity contribution < 1.29 is 137 Å². The maximum absolute atomic E-state index is 15.1. The van der Waals surface area contributed by atoms with Crippen LogP contribution in [0, 0.1) is 17.5 Å². The SMILES string of the molecule is COC(=O)c1ccc(-c2nn(C(=O)c3c(Cl)cccc3C3(C(F)(F)F)CC3)c3c2S(=O)(=O)CCC3)c(F)c1.COC(=O)c1ccc(-c2nn(C(=O)c3c(Cl)cccc3C3(C(F)(F)F)CC3)c3c2SCCC3)c(F)c1.O=C(O)c1ccc(-c2nn(C(=O)c3c(Cl)cccc3C3(C(F)(F)F)CC3)c3c2S(=O)(=O)CCC3)c(F)c1.[Li+].[OH-]. The van der Waals surface area contributed by atoms with E-state index in [0.29, 0.717) is 44.6 Å². The maximum atomic E-state index is 15.1. The smallest absolute Gasteiger partial charge is 0.870 e. The van der Waals surface area contributed by atoms with Crippen molar-refractivity contribution in [2.24, 2.45) is 0 Å². The van der Waals surface area contributed by atoms with Crippen LogP contribution in [-0.2, 0) is 64.7 Å². The van der Waals surface area contributed by atoms with Crippen molar-refractivity contribution in [3.8, 4) is 33.8 Å². The molecule has 39 heteroatoms. The minimum absolute atomic E-state index is 0. The zero-order valence-corrected chi connectivity index (χ0v) is 63.6. The molecular formula is C74H56Cl3F12LiN6O14S3. The number of carbonyl (C=O) groups excluding carboxylic acids is 5. The molecule has 0 unspecified atom stereocenters. The molecule has 0 radical (unpaired) electrons. The van der Waals surface area contributed by atoms with Gasteiger partial charge < -0.3 is 20.1 Å². The number of rotatable bonds is 12. The molecule has 113 heavy (non-hydrogen) atoms. The number of hydrogen-bond donors (Lipinski definition) is 1.